The van der Waals surface area contributed by atoms with E-state index < -0.39 is 10.0 Å². The molecule has 9 heteroatoms. The first-order chi connectivity index (χ1) is 13.9. The van der Waals surface area contributed by atoms with E-state index in [1.807, 2.05) is 11.3 Å². The van der Waals surface area contributed by atoms with Crippen LogP contribution in [0.5, 0.6) is 0 Å². The largest absolute Gasteiger partial charge is 0.328 e. The van der Waals surface area contributed by atoms with Crippen molar-refractivity contribution in [2.75, 3.05) is 0 Å². The van der Waals surface area contributed by atoms with Crippen LogP contribution in [0.4, 0.5) is 0 Å². The summed E-state index contributed by atoms with van der Waals surface area (Å²) in [4.78, 5) is 4.61. The molecule has 29 heavy (non-hydrogen) atoms. The average Bonchev–Trinajstić information content (AvgIpc) is 3.37. The molecule has 0 unspecified atom stereocenters. The summed E-state index contributed by atoms with van der Waals surface area (Å²) in [6, 6.07) is 8.69. The van der Waals surface area contributed by atoms with Gasteiger partial charge in [-0.15, -0.1) is 10.2 Å². The van der Waals surface area contributed by atoms with Crippen molar-refractivity contribution in [3.63, 3.8) is 0 Å². The number of hydrogen-bond acceptors (Lipinski definition) is 6. The predicted molar refractivity (Wildman–Crippen MR) is 109 cm³/mol. The summed E-state index contributed by atoms with van der Waals surface area (Å²) in [5.74, 6) is 1.39. The first kappa shape index (κ1) is 18.3. The Labute approximate surface area is 168 Å². The van der Waals surface area contributed by atoms with Crippen LogP contribution in [0.15, 0.2) is 47.6 Å². The van der Waals surface area contributed by atoms with Crippen molar-refractivity contribution in [3.05, 3.63) is 54.1 Å². The van der Waals surface area contributed by atoms with Crippen LogP contribution in [0.3, 0.4) is 0 Å². The lowest BCUT2D eigenvalue weighted by Crippen LogP contribution is -2.15. The average molecular weight is 411 g/mol. The number of nitrogens with zero attached hydrogens (tertiary/aromatic N) is 5. The molecule has 0 radical (unpaired) electrons. The van der Waals surface area contributed by atoms with E-state index >= 15 is 0 Å². The second-order valence-corrected chi connectivity index (χ2v) is 9.78. The zero-order valence-corrected chi connectivity index (χ0v) is 17.0. The molecule has 0 aliphatic heterocycles. The number of rotatable bonds is 3. The second-order valence-electron chi connectivity index (χ2n) is 7.96. The summed E-state index contributed by atoms with van der Waals surface area (Å²) < 4.78 is 29.5. The fourth-order valence-corrected chi connectivity index (χ4v) is 5.66. The van der Waals surface area contributed by atoms with Crippen LogP contribution in [0.2, 0.25) is 0 Å². The quantitative estimate of drug-likeness (QED) is 0.556. The van der Waals surface area contributed by atoms with Crippen LogP contribution >= 0.6 is 0 Å². The Balaban J connectivity index is 1.70. The Morgan fingerprint density at radius 3 is 2.55 bits per heavy atom. The number of nitrogens with two attached hydrogens (primary N) is 1. The van der Waals surface area contributed by atoms with E-state index in [9.17, 15) is 8.42 Å². The van der Waals surface area contributed by atoms with Gasteiger partial charge in [0, 0.05) is 18.2 Å². The Bertz CT molecular complexity index is 1320. The fraction of sp³-hybridized carbons (Fsp3) is 0.350. The third kappa shape index (κ3) is 2.76. The van der Waals surface area contributed by atoms with Crippen molar-refractivity contribution < 1.29 is 8.42 Å². The van der Waals surface area contributed by atoms with Gasteiger partial charge in [0.05, 0.1) is 16.6 Å². The molecule has 2 N–H and O–H groups in total. The molecule has 8 nitrogen and oxygen atoms in total. The van der Waals surface area contributed by atoms with Crippen LogP contribution in [-0.2, 0) is 10.0 Å². The van der Waals surface area contributed by atoms with E-state index in [-0.39, 0.29) is 16.9 Å². The van der Waals surface area contributed by atoms with Crippen molar-refractivity contribution in [1.82, 2.24) is 23.6 Å². The summed E-state index contributed by atoms with van der Waals surface area (Å²) in [7, 11) is -3.76. The molecule has 1 fully saturated rings. The van der Waals surface area contributed by atoms with Gasteiger partial charge >= 0.3 is 0 Å². The molecule has 1 aliphatic carbocycles. The molecule has 1 aliphatic rings. The third-order valence-electron chi connectivity index (χ3n) is 5.89. The van der Waals surface area contributed by atoms with Crippen molar-refractivity contribution in [1.29, 1.82) is 0 Å². The van der Waals surface area contributed by atoms with E-state index in [1.54, 1.807) is 42.7 Å². The summed E-state index contributed by atoms with van der Waals surface area (Å²) >= 11 is 0. The standard InChI is InChI=1S/C20H22N6O2S/c1-12-3-5-15(6-4-12)29(27,28)25-8-7-17-20(25)22-11-18-23-24-19(26(17)18)16-10-14(21)9-13(16)2/h3-8,11,13-14,16H,9-10,21H2,1-2H3/t13-,14+,16+/m1/s1. The van der Waals surface area contributed by atoms with Crippen LogP contribution in [-0.4, -0.2) is 38.0 Å². The fourth-order valence-electron chi connectivity index (χ4n) is 4.37. The van der Waals surface area contributed by atoms with E-state index in [2.05, 4.69) is 22.1 Å². The van der Waals surface area contributed by atoms with Crippen molar-refractivity contribution in [2.24, 2.45) is 11.7 Å². The first-order valence-electron chi connectivity index (χ1n) is 9.65. The van der Waals surface area contributed by atoms with Gasteiger partial charge in [0.2, 0.25) is 0 Å². The molecule has 3 aromatic heterocycles. The topological polar surface area (TPSA) is 108 Å². The highest BCUT2D eigenvalue weighted by Gasteiger charge is 2.34. The number of aryl methyl sites for hydroxylation is 1. The maximum atomic E-state index is 13.2. The normalized spacial score (nSPS) is 22.7. The minimum Gasteiger partial charge on any atom is -0.328 e. The Morgan fingerprint density at radius 1 is 1.10 bits per heavy atom. The van der Waals surface area contributed by atoms with Crippen LogP contribution < -0.4 is 5.73 Å². The molecule has 4 aromatic rings. The smallest absolute Gasteiger partial charge is 0.269 e. The van der Waals surface area contributed by atoms with E-state index in [0.29, 0.717) is 22.7 Å². The zero-order chi connectivity index (χ0) is 20.3. The summed E-state index contributed by atoms with van der Waals surface area (Å²) in [6.45, 7) is 4.09. The molecular weight excluding hydrogens is 388 g/mol. The first-order valence-corrected chi connectivity index (χ1v) is 11.1. The predicted octanol–water partition coefficient (Wildman–Crippen LogP) is 2.47. The molecule has 3 atom stereocenters. The molecule has 0 bridgehead atoms. The molecule has 0 saturated heterocycles. The van der Waals surface area contributed by atoms with Crippen LogP contribution in [0, 0.1) is 12.8 Å². The van der Waals surface area contributed by atoms with E-state index in [1.165, 1.54) is 3.97 Å². The summed E-state index contributed by atoms with van der Waals surface area (Å²) in [5, 5.41) is 8.67. The molecule has 5 rings (SSSR count). The van der Waals surface area contributed by atoms with Crippen LogP contribution in [0.25, 0.3) is 16.8 Å². The van der Waals surface area contributed by atoms with E-state index in [4.69, 9.17) is 5.73 Å². The highest BCUT2D eigenvalue weighted by atomic mass is 32.2. The molecular formula is C20H22N6O2S. The Morgan fingerprint density at radius 2 is 1.86 bits per heavy atom. The SMILES string of the molecule is Cc1ccc(S(=O)(=O)n2ccc3c2ncc2nnc([C@H]4C[C@@H](N)C[C@H]4C)n23)cc1. The zero-order valence-electron chi connectivity index (χ0n) is 16.2. The number of hydrogen-bond donors (Lipinski definition) is 1. The Hall–Kier alpha value is -2.78. The number of fused-ring (bicyclic) bond motifs is 3. The minimum absolute atomic E-state index is 0.145. The number of benzene rings is 1. The van der Waals surface area contributed by atoms with Crippen molar-refractivity contribution in [2.45, 2.75) is 43.5 Å². The van der Waals surface area contributed by atoms with Crippen molar-refractivity contribution >= 4 is 26.8 Å². The molecule has 0 amide bonds. The summed E-state index contributed by atoms with van der Waals surface area (Å²) in [6.07, 6.45) is 4.89. The maximum Gasteiger partial charge on any atom is 0.269 e. The van der Waals surface area contributed by atoms with Gasteiger partial charge < -0.3 is 5.73 Å². The van der Waals surface area contributed by atoms with Crippen LogP contribution in [0.1, 0.15) is 37.1 Å². The van der Waals surface area contributed by atoms with E-state index in [0.717, 1.165) is 24.2 Å². The second kappa shape index (κ2) is 6.36. The van der Waals surface area contributed by atoms with Crippen molar-refractivity contribution in [3.8, 4) is 0 Å². The molecule has 3 heterocycles. The lowest BCUT2D eigenvalue weighted by molar-refractivity contribution is 0.507. The van der Waals surface area contributed by atoms with Gasteiger partial charge in [-0.2, -0.15) is 0 Å². The van der Waals surface area contributed by atoms with Gasteiger partial charge in [-0.25, -0.2) is 17.4 Å². The highest BCUT2D eigenvalue weighted by molar-refractivity contribution is 7.90. The van der Waals surface area contributed by atoms with Gasteiger partial charge in [-0.05, 0) is 43.9 Å². The molecule has 1 aromatic carbocycles. The maximum absolute atomic E-state index is 13.2. The Kier molecular flexibility index (Phi) is 4.01. The summed E-state index contributed by atoms with van der Waals surface area (Å²) in [5.41, 5.74) is 8.79. The highest BCUT2D eigenvalue weighted by Crippen LogP contribution is 2.38. The molecule has 0 spiro atoms. The van der Waals surface area contributed by atoms with Gasteiger partial charge in [-0.1, -0.05) is 24.6 Å². The van der Waals surface area contributed by atoms with Gasteiger partial charge in [0.15, 0.2) is 11.3 Å². The van der Waals surface area contributed by atoms with Gasteiger partial charge in [-0.3, -0.25) is 4.40 Å². The monoisotopic (exact) mass is 410 g/mol. The minimum atomic E-state index is -3.76. The molecule has 1 saturated carbocycles. The molecule has 150 valence electrons. The van der Waals surface area contributed by atoms with Gasteiger partial charge in [0.1, 0.15) is 5.82 Å². The third-order valence-corrected chi connectivity index (χ3v) is 7.57. The lowest BCUT2D eigenvalue weighted by atomic mass is 9.97. The lowest BCUT2D eigenvalue weighted by Gasteiger charge is -2.13. The number of aromatic nitrogens is 5. The van der Waals surface area contributed by atoms with Gasteiger partial charge in [0.25, 0.3) is 10.0 Å².